The van der Waals surface area contributed by atoms with E-state index in [9.17, 15) is 5.11 Å². The molecule has 1 N–H and O–H groups in total. The molecule has 2 aromatic carbocycles. The summed E-state index contributed by atoms with van der Waals surface area (Å²) in [6, 6.07) is 12.4. The predicted molar refractivity (Wildman–Crippen MR) is 59.2 cm³/mol. The molecule has 0 aliphatic heterocycles. The van der Waals surface area contributed by atoms with Crippen LogP contribution in [0.15, 0.2) is 36.4 Å². The Morgan fingerprint density at radius 1 is 1.07 bits per heavy atom. The number of hydrogen-bond donors (Lipinski definition) is 1. The average Bonchev–Trinajstić information content (AvgIpc) is 2.27. The molecule has 0 spiro atoms. The van der Waals surface area contributed by atoms with E-state index in [2.05, 4.69) is 31.2 Å². The van der Waals surface area contributed by atoms with Gasteiger partial charge in [-0.2, -0.15) is 0 Å². The normalized spacial score (nSPS) is 10.7. The van der Waals surface area contributed by atoms with Gasteiger partial charge in [-0.1, -0.05) is 43.3 Å². The second-order valence-electron chi connectivity index (χ2n) is 3.44. The van der Waals surface area contributed by atoms with E-state index in [0.29, 0.717) is 0 Å². The molecule has 0 saturated heterocycles. The van der Waals surface area contributed by atoms with E-state index < -0.39 is 0 Å². The molecule has 0 saturated carbocycles. The van der Waals surface area contributed by atoms with Gasteiger partial charge in [-0.05, 0) is 28.3 Å². The first kappa shape index (κ1) is 9.22. The van der Waals surface area contributed by atoms with Crippen LogP contribution in [0, 0.1) is 0 Å². The van der Waals surface area contributed by atoms with Crippen molar-refractivity contribution in [3.05, 3.63) is 47.5 Å². The molecule has 2 aromatic rings. The minimum Gasteiger partial charge on any atom is -0.392 e. The third-order valence-corrected chi connectivity index (χ3v) is 2.68. The van der Waals surface area contributed by atoms with Gasteiger partial charge >= 0.3 is 0 Å². The molecule has 0 aliphatic carbocycles. The first-order valence-electron chi connectivity index (χ1n) is 4.97. The molecule has 0 amide bonds. The van der Waals surface area contributed by atoms with Crippen LogP contribution in [0.2, 0.25) is 0 Å². The Hall–Kier alpha value is -1.34. The van der Waals surface area contributed by atoms with Crippen LogP contribution in [0.3, 0.4) is 0 Å². The number of rotatable bonds is 2. The maximum absolute atomic E-state index is 9.35. The van der Waals surface area contributed by atoms with Crippen molar-refractivity contribution in [2.45, 2.75) is 20.0 Å². The Morgan fingerprint density at radius 3 is 2.57 bits per heavy atom. The molecule has 1 heteroatoms. The molecule has 0 unspecified atom stereocenters. The van der Waals surface area contributed by atoms with E-state index in [0.717, 1.165) is 12.0 Å². The Morgan fingerprint density at radius 2 is 1.86 bits per heavy atom. The van der Waals surface area contributed by atoms with Crippen molar-refractivity contribution in [1.29, 1.82) is 0 Å². The van der Waals surface area contributed by atoms with Gasteiger partial charge in [-0.15, -0.1) is 0 Å². The number of hydrogen-bond acceptors (Lipinski definition) is 1. The number of benzene rings is 2. The topological polar surface area (TPSA) is 20.2 Å². The monoisotopic (exact) mass is 186 g/mol. The van der Waals surface area contributed by atoms with Crippen LogP contribution in [0.1, 0.15) is 18.1 Å². The molecule has 14 heavy (non-hydrogen) atoms. The molecular formula is C13H14O. The lowest BCUT2D eigenvalue weighted by atomic mass is 9.98. The van der Waals surface area contributed by atoms with Crippen LogP contribution in [-0.4, -0.2) is 5.11 Å². The number of aliphatic hydroxyl groups excluding tert-OH is 1. The number of aliphatic hydroxyl groups is 1. The van der Waals surface area contributed by atoms with Gasteiger partial charge in [0.1, 0.15) is 0 Å². The molecule has 0 radical (unpaired) electrons. The molecule has 2 rings (SSSR count). The van der Waals surface area contributed by atoms with Crippen LogP contribution in [0.5, 0.6) is 0 Å². The quantitative estimate of drug-likeness (QED) is 0.764. The van der Waals surface area contributed by atoms with Gasteiger partial charge < -0.3 is 5.11 Å². The van der Waals surface area contributed by atoms with Crippen molar-refractivity contribution in [2.24, 2.45) is 0 Å². The Labute approximate surface area is 84.0 Å². The summed E-state index contributed by atoms with van der Waals surface area (Å²) in [5, 5.41) is 11.7. The van der Waals surface area contributed by atoms with Crippen molar-refractivity contribution in [3.8, 4) is 0 Å². The highest BCUT2D eigenvalue weighted by molar-refractivity contribution is 5.86. The van der Waals surface area contributed by atoms with Gasteiger partial charge in [-0.3, -0.25) is 0 Å². The lowest BCUT2D eigenvalue weighted by molar-refractivity contribution is 0.282. The Balaban J connectivity index is 2.77. The second kappa shape index (κ2) is 3.81. The highest BCUT2D eigenvalue weighted by atomic mass is 16.3. The van der Waals surface area contributed by atoms with Gasteiger partial charge in [0.2, 0.25) is 0 Å². The Kier molecular flexibility index (Phi) is 2.51. The molecule has 1 nitrogen and oxygen atoms in total. The lowest BCUT2D eigenvalue weighted by Crippen LogP contribution is -1.93. The van der Waals surface area contributed by atoms with E-state index >= 15 is 0 Å². The minimum absolute atomic E-state index is 0.129. The first-order valence-corrected chi connectivity index (χ1v) is 4.97. The molecule has 0 aromatic heterocycles. The van der Waals surface area contributed by atoms with Crippen LogP contribution >= 0.6 is 0 Å². The molecule has 0 bridgehead atoms. The van der Waals surface area contributed by atoms with Crippen molar-refractivity contribution >= 4 is 10.8 Å². The maximum atomic E-state index is 9.35. The van der Waals surface area contributed by atoms with E-state index in [1.165, 1.54) is 16.3 Å². The fourth-order valence-corrected chi connectivity index (χ4v) is 1.90. The molecule has 0 aliphatic rings. The average molecular weight is 186 g/mol. The first-order chi connectivity index (χ1) is 6.86. The zero-order chi connectivity index (χ0) is 9.97. The van der Waals surface area contributed by atoms with Crippen LogP contribution in [-0.2, 0) is 13.0 Å². The summed E-state index contributed by atoms with van der Waals surface area (Å²) in [5.41, 5.74) is 2.32. The molecule has 0 atom stereocenters. The highest BCUT2D eigenvalue weighted by Crippen LogP contribution is 2.22. The predicted octanol–water partition coefficient (Wildman–Crippen LogP) is 2.89. The zero-order valence-electron chi connectivity index (χ0n) is 8.33. The summed E-state index contributed by atoms with van der Waals surface area (Å²) in [7, 11) is 0. The van der Waals surface area contributed by atoms with E-state index in [-0.39, 0.29) is 6.61 Å². The van der Waals surface area contributed by atoms with Crippen LogP contribution in [0.4, 0.5) is 0 Å². The third-order valence-electron chi connectivity index (χ3n) is 2.68. The summed E-state index contributed by atoms with van der Waals surface area (Å²) < 4.78 is 0. The summed E-state index contributed by atoms with van der Waals surface area (Å²) >= 11 is 0. The lowest BCUT2D eigenvalue weighted by Gasteiger charge is -2.08. The van der Waals surface area contributed by atoms with Crippen molar-refractivity contribution < 1.29 is 5.11 Å². The van der Waals surface area contributed by atoms with Gasteiger partial charge in [-0.25, -0.2) is 0 Å². The van der Waals surface area contributed by atoms with E-state index in [4.69, 9.17) is 0 Å². The highest BCUT2D eigenvalue weighted by Gasteiger charge is 2.03. The van der Waals surface area contributed by atoms with Crippen molar-refractivity contribution in [1.82, 2.24) is 0 Å². The summed E-state index contributed by atoms with van der Waals surface area (Å²) in [5.74, 6) is 0. The summed E-state index contributed by atoms with van der Waals surface area (Å²) in [4.78, 5) is 0. The van der Waals surface area contributed by atoms with Gasteiger partial charge in [0.15, 0.2) is 0 Å². The van der Waals surface area contributed by atoms with Crippen molar-refractivity contribution in [2.75, 3.05) is 0 Å². The van der Waals surface area contributed by atoms with Crippen LogP contribution in [0.25, 0.3) is 10.8 Å². The third kappa shape index (κ3) is 1.40. The summed E-state index contributed by atoms with van der Waals surface area (Å²) in [6.07, 6.45) is 0.973. The maximum Gasteiger partial charge on any atom is 0.0690 e. The van der Waals surface area contributed by atoms with Crippen molar-refractivity contribution in [3.63, 3.8) is 0 Å². The fraction of sp³-hybridized carbons (Fsp3) is 0.231. The van der Waals surface area contributed by atoms with Crippen LogP contribution < -0.4 is 0 Å². The number of aryl methyl sites for hydroxylation is 1. The van der Waals surface area contributed by atoms with Gasteiger partial charge in [0.05, 0.1) is 6.61 Å². The minimum atomic E-state index is 0.129. The molecule has 0 fully saturated rings. The molecular weight excluding hydrogens is 172 g/mol. The zero-order valence-corrected chi connectivity index (χ0v) is 8.33. The SMILES string of the molecule is CCc1ccc2ccccc2c1CO. The fourth-order valence-electron chi connectivity index (χ4n) is 1.90. The second-order valence-corrected chi connectivity index (χ2v) is 3.44. The molecule has 72 valence electrons. The standard InChI is InChI=1S/C13H14O/c1-2-10-7-8-11-5-3-4-6-12(11)13(10)9-14/h3-8,14H,2,9H2,1H3. The van der Waals surface area contributed by atoms with E-state index in [1.807, 2.05) is 12.1 Å². The van der Waals surface area contributed by atoms with Gasteiger partial charge in [0, 0.05) is 0 Å². The largest absolute Gasteiger partial charge is 0.392 e. The number of fused-ring (bicyclic) bond motifs is 1. The summed E-state index contributed by atoms with van der Waals surface area (Å²) in [6.45, 7) is 2.24. The Bertz CT molecular complexity index is 446. The molecule has 0 heterocycles. The van der Waals surface area contributed by atoms with Gasteiger partial charge in [0.25, 0.3) is 0 Å². The van der Waals surface area contributed by atoms with E-state index in [1.54, 1.807) is 0 Å². The smallest absolute Gasteiger partial charge is 0.0690 e.